The number of thiophene rings is 1. The first-order valence-corrected chi connectivity index (χ1v) is 9.64. The minimum absolute atomic E-state index is 0.288. The topological polar surface area (TPSA) is 114 Å². The van der Waals surface area contributed by atoms with E-state index in [1.165, 1.54) is 11.3 Å². The molecule has 1 aromatic heterocycles. The van der Waals surface area contributed by atoms with E-state index in [9.17, 15) is 15.8 Å². The van der Waals surface area contributed by atoms with Gasteiger partial charge in [-0.05, 0) is 30.2 Å². The zero-order chi connectivity index (χ0) is 18.6. The average molecular weight is 366 g/mol. The molecule has 132 valence electrons. The van der Waals surface area contributed by atoms with Crippen LogP contribution in [0.25, 0.3) is 0 Å². The summed E-state index contributed by atoms with van der Waals surface area (Å²) < 4.78 is 12.2. The molecular weight excluding hydrogens is 348 g/mol. The number of hydrogen-bond acceptors (Lipinski definition) is 7. The van der Waals surface area contributed by atoms with Gasteiger partial charge in [0.15, 0.2) is 5.41 Å². The van der Waals surface area contributed by atoms with Crippen LogP contribution < -0.4 is 0 Å². The minimum Gasteiger partial charge on any atom is -0.447 e. The maximum absolute atomic E-state index is 10.2. The fourth-order valence-electron chi connectivity index (χ4n) is 4.98. The van der Waals surface area contributed by atoms with Gasteiger partial charge in [0.25, 0.3) is 0 Å². The van der Waals surface area contributed by atoms with Crippen molar-refractivity contribution < 1.29 is 9.47 Å². The lowest BCUT2D eigenvalue weighted by atomic mass is 9.51. The van der Waals surface area contributed by atoms with Gasteiger partial charge in [0.2, 0.25) is 17.1 Å². The Morgan fingerprint density at radius 2 is 2.08 bits per heavy atom. The Bertz CT molecular complexity index is 863. The third kappa shape index (κ3) is 1.74. The summed E-state index contributed by atoms with van der Waals surface area (Å²) in [6.45, 7) is 2.09. The summed E-state index contributed by atoms with van der Waals surface area (Å²) in [5, 5.41) is 40.8. The fraction of sp³-hybridized carbons (Fsp3) is 0.579. The summed E-state index contributed by atoms with van der Waals surface area (Å²) >= 11 is 1.38. The maximum atomic E-state index is 10.2. The largest absolute Gasteiger partial charge is 0.447 e. The maximum Gasteiger partial charge on any atom is 0.217 e. The van der Waals surface area contributed by atoms with E-state index in [4.69, 9.17) is 14.9 Å². The third-order valence-electron chi connectivity index (χ3n) is 6.40. The Kier molecular flexibility index (Phi) is 3.63. The van der Waals surface area contributed by atoms with Crippen molar-refractivity contribution >= 4 is 17.2 Å². The van der Waals surface area contributed by atoms with Crippen molar-refractivity contribution in [3.8, 4) is 18.2 Å². The van der Waals surface area contributed by atoms with Crippen LogP contribution in [-0.2, 0) is 9.47 Å². The van der Waals surface area contributed by atoms with Crippen molar-refractivity contribution in [3.05, 3.63) is 22.4 Å². The Balaban J connectivity index is 1.97. The molecular formula is C19H18N4O2S. The number of hydrogen-bond donors (Lipinski definition) is 1. The molecule has 1 N–H and O–H groups in total. The molecule has 0 aromatic carbocycles. The van der Waals surface area contributed by atoms with E-state index in [1.54, 1.807) is 0 Å². The number of nitrogens with one attached hydrogen (secondary N) is 1. The molecule has 2 saturated heterocycles. The van der Waals surface area contributed by atoms with Crippen molar-refractivity contribution in [1.29, 1.82) is 21.2 Å². The van der Waals surface area contributed by atoms with Gasteiger partial charge in [-0.25, -0.2) is 0 Å². The van der Waals surface area contributed by atoms with Crippen LogP contribution in [0.4, 0.5) is 0 Å². The molecule has 4 rings (SSSR count). The summed E-state index contributed by atoms with van der Waals surface area (Å²) in [4.78, 5) is 0.710. The van der Waals surface area contributed by atoms with Gasteiger partial charge in [-0.3, -0.25) is 5.41 Å². The van der Waals surface area contributed by atoms with Gasteiger partial charge >= 0.3 is 0 Å². The monoisotopic (exact) mass is 366 g/mol. The predicted octanol–water partition coefficient (Wildman–Crippen LogP) is 3.89. The number of rotatable bonds is 2. The van der Waals surface area contributed by atoms with Crippen molar-refractivity contribution in [2.75, 3.05) is 0 Å². The third-order valence-corrected chi connectivity index (χ3v) is 7.31. The van der Waals surface area contributed by atoms with Crippen LogP contribution in [0.1, 0.15) is 43.6 Å². The molecule has 26 heavy (non-hydrogen) atoms. The first kappa shape index (κ1) is 17.0. The second-order valence-electron chi connectivity index (χ2n) is 7.31. The molecule has 6 nitrogen and oxygen atoms in total. The number of nitriles is 3. The van der Waals surface area contributed by atoms with E-state index < -0.39 is 28.6 Å². The van der Waals surface area contributed by atoms with Crippen LogP contribution in [0, 0.1) is 62.1 Å². The van der Waals surface area contributed by atoms with E-state index in [1.807, 2.05) is 17.5 Å². The van der Waals surface area contributed by atoms with E-state index in [0.29, 0.717) is 23.6 Å². The SMILES string of the molecule is CCC1CCC23OC(=N)C(C#N)(C2C1)C(C#N)(C#N)C(c1cccs1)O3. The molecule has 5 unspecified atom stereocenters. The molecule has 0 amide bonds. The van der Waals surface area contributed by atoms with Crippen LogP contribution in [0.3, 0.4) is 0 Å². The van der Waals surface area contributed by atoms with E-state index >= 15 is 0 Å². The fourth-order valence-corrected chi connectivity index (χ4v) is 5.80. The molecule has 0 radical (unpaired) electrons. The summed E-state index contributed by atoms with van der Waals surface area (Å²) in [7, 11) is 0. The van der Waals surface area contributed by atoms with E-state index in [2.05, 4.69) is 25.1 Å². The molecule has 3 heterocycles. The van der Waals surface area contributed by atoms with Gasteiger partial charge in [-0.15, -0.1) is 11.3 Å². The lowest BCUT2D eigenvalue weighted by Crippen LogP contribution is -2.60. The molecule has 1 saturated carbocycles. The average Bonchev–Trinajstić information content (AvgIpc) is 3.26. The summed E-state index contributed by atoms with van der Waals surface area (Å²) in [6, 6.07) is 10.0. The van der Waals surface area contributed by atoms with Crippen molar-refractivity contribution in [3.63, 3.8) is 0 Å². The molecule has 1 aliphatic carbocycles. The van der Waals surface area contributed by atoms with Crippen LogP contribution >= 0.6 is 11.3 Å². The van der Waals surface area contributed by atoms with Gasteiger partial charge in [-0.2, -0.15) is 15.8 Å². The standard InChI is InChI=1S/C19H18N4O2S/c1-2-12-5-6-19-14(8-12)18(11-22,16(23)25-19)17(9-20,10-21)15(24-19)13-4-3-7-26-13/h3-4,7,12,14-15,23H,2,5-6,8H2,1H3. The van der Waals surface area contributed by atoms with Gasteiger partial charge in [0.05, 0.1) is 24.1 Å². The van der Waals surface area contributed by atoms with Crippen molar-refractivity contribution in [2.24, 2.45) is 22.7 Å². The molecule has 1 aromatic rings. The number of nitrogens with zero attached hydrogens (tertiary/aromatic N) is 3. The van der Waals surface area contributed by atoms with Crippen LogP contribution in [-0.4, -0.2) is 11.7 Å². The molecule has 3 aliphatic rings. The Morgan fingerprint density at radius 1 is 1.31 bits per heavy atom. The Hall–Kier alpha value is -2.40. The summed E-state index contributed by atoms with van der Waals surface area (Å²) in [5.41, 5.74) is -3.43. The molecule has 7 heteroatoms. The first-order valence-electron chi connectivity index (χ1n) is 8.76. The smallest absolute Gasteiger partial charge is 0.217 e. The number of ether oxygens (including phenoxy) is 2. The highest BCUT2D eigenvalue weighted by Crippen LogP contribution is 2.70. The highest BCUT2D eigenvalue weighted by atomic mass is 32.1. The Morgan fingerprint density at radius 3 is 2.65 bits per heavy atom. The second kappa shape index (κ2) is 5.55. The quantitative estimate of drug-likeness (QED) is 0.853. The van der Waals surface area contributed by atoms with Gasteiger partial charge in [-0.1, -0.05) is 19.4 Å². The first-order chi connectivity index (χ1) is 12.5. The van der Waals surface area contributed by atoms with Crippen molar-refractivity contribution in [1.82, 2.24) is 0 Å². The van der Waals surface area contributed by atoms with Crippen molar-refractivity contribution in [2.45, 2.75) is 44.5 Å². The molecule has 2 bridgehead atoms. The highest BCUT2D eigenvalue weighted by molar-refractivity contribution is 7.10. The molecule has 3 fully saturated rings. The Labute approximate surface area is 156 Å². The molecule has 0 spiro atoms. The zero-order valence-electron chi connectivity index (χ0n) is 14.4. The van der Waals surface area contributed by atoms with Crippen LogP contribution in [0.5, 0.6) is 0 Å². The van der Waals surface area contributed by atoms with Gasteiger partial charge < -0.3 is 9.47 Å². The van der Waals surface area contributed by atoms with Gasteiger partial charge in [0.1, 0.15) is 6.10 Å². The zero-order valence-corrected chi connectivity index (χ0v) is 15.2. The van der Waals surface area contributed by atoms with Crippen LogP contribution in [0.15, 0.2) is 17.5 Å². The van der Waals surface area contributed by atoms with Crippen LogP contribution in [0.2, 0.25) is 0 Å². The molecule has 2 aliphatic heterocycles. The van der Waals surface area contributed by atoms with Gasteiger partial charge in [0, 0.05) is 11.3 Å². The minimum atomic E-state index is -1.82. The van der Waals surface area contributed by atoms with E-state index in [-0.39, 0.29) is 5.90 Å². The highest BCUT2D eigenvalue weighted by Gasteiger charge is 2.81. The second-order valence-corrected chi connectivity index (χ2v) is 8.29. The lowest BCUT2D eigenvalue weighted by molar-refractivity contribution is -0.298. The molecule has 5 atom stereocenters. The predicted molar refractivity (Wildman–Crippen MR) is 92.5 cm³/mol. The van der Waals surface area contributed by atoms with E-state index in [0.717, 1.165) is 12.8 Å². The normalized spacial score (nSPS) is 39.8. The summed E-state index contributed by atoms with van der Waals surface area (Å²) in [5.74, 6) is -1.50. The lowest BCUT2D eigenvalue weighted by Gasteiger charge is -2.52. The summed E-state index contributed by atoms with van der Waals surface area (Å²) in [6.07, 6.45) is 2.10.